The molecule has 1 saturated heterocycles. The van der Waals surface area contributed by atoms with Gasteiger partial charge in [0.1, 0.15) is 6.10 Å². The molecule has 2 heterocycles. The molecular formula is C32H41N3O5. The molecular weight excluding hydrogens is 506 g/mol. The van der Waals surface area contributed by atoms with Gasteiger partial charge in [-0.2, -0.15) is 0 Å². The number of amides is 1. The van der Waals surface area contributed by atoms with Crippen LogP contribution in [0, 0.1) is 5.92 Å². The van der Waals surface area contributed by atoms with E-state index in [0.717, 1.165) is 74.7 Å². The number of phenolic OH excluding ortho intramolecular Hbond substituents is 1. The second kappa shape index (κ2) is 9.55. The van der Waals surface area contributed by atoms with Gasteiger partial charge in [0, 0.05) is 31.1 Å². The number of phenols is 1. The Morgan fingerprint density at radius 3 is 2.70 bits per heavy atom. The fraction of sp³-hybridized carbons (Fsp3) is 0.594. The lowest BCUT2D eigenvalue weighted by atomic mass is 9.46. The van der Waals surface area contributed by atoms with Crippen LogP contribution in [0.4, 0.5) is 0 Å². The van der Waals surface area contributed by atoms with Gasteiger partial charge in [-0.3, -0.25) is 9.69 Å². The third kappa shape index (κ3) is 3.75. The van der Waals surface area contributed by atoms with Gasteiger partial charge in [0.2, 0.25) is 5.91 Å². The van der Waals surface area contributed by atoms with Crippen LogP contribution in [-0.4, -0.2) is 73.5 Å². The molecule has 2 bridgehead atoms. The Morgan fingerprint density at radius 1 is 1.12 bits per heavy atom. The van der Waals surface area contributed by atoms with Crippen LogP contribution in [0.1, 0.15) is 55.7 Å². The lowest BCUT2D eigenvalue weighted by Crippen LogP contribution is -2.82. The van der Waals surface area contributed by atoms with Crippen molar-refractivity contribution < 1.29 is 24.1 Å². The first-order valence-corrected chi connectivity index (χ1v) is 14.9. The molecule has 8 nitrogen and oxygen atoms in total. The van der Waals surface area contributed by atoms with Crippen molar-refractivity contribution in [2.45, 2.75) is 81.0 Å². The molecule has 2 aromatic rings. The number of hydrogen-bond acceptors (Lipinski definition) is 7. The molecule has 214 valence electrons. The number of hydrogen-bond donors (Lipinski definition) is 3. The summed E-state index contributed by atoms with van der Waals surface area (Å²) in [6.45, 7) is 4.55. The van der Waals surface area contributed by atoms with E-state index in [-0.39, 0.29) is 35.3 Å². The first-order chi connectivity index (χ1) is 19.4. The smallest absolute Gasteiger partial charge is 0.217 e. The van der Waals surface area contributed by atoms with Crippen LogP contribution >= 0.6 is 0 Å². The zero-order valence-electron chi connectivity index (χ0n) is 23.8. The van der Waals surface area contributed by atoms with Crippen LogP contribution in [-0.2, 0) is 23.1 Å². The zero-order chi connectivity index (χ0) is 27.6. The van der Waals surface area contributed by atoms with E-state index in [2.05, 4.69) is 27.7 Å². The van der Waals surface area contributed by atoms with Gasteiger partial charge in [0.25, 0.3) is 0 Å². The highest BCUT2D eigenvalue weighted by Gasteiger charge is 2.73. The number of methoxy groups -OCH3 is 2. The number of ether oxygens (including phenoxy) is 3. The summed E-state index contributed by atoms with van der Waals surface area (Å²) in [7, 11) is 3.31. The van der Waals surface area contributed by atoms with E-state index in [0.29, 0.717) is 5.75 Å². The Morgan fingerprint density at radius 2 is 1.95 bits per heavy atom. The van der Waals surface area contributed by atoms with Crippen LogP contribution in [0.25, 0.3) is 0 Å². The number of benzene rings is 2. The molecule has 2 saturated carbocycles. The summed E-state index contributed by atoms with van der Waals surface area (Å²) in [5.41, 5.74) is 2.82. The van der Waals surface area contributed by atoms with Crippen molar-refractivity contribution in [3.63, 3.8) is 0 Å². The van der Waals surface area contributed by atoms with Gasteiger partial charge in [0.05, 0.1) is 25.2 Å². The zero-order valence-corrected chi connectivity index (χ0v) is 23.8. The number of likely N-dealkylation sites (tertiary alicyclic amines) is 1. The molecule has 3 fully saturated rings. The van der Waals surface area contributed by atoms with Crippen LogP contribution in [0.5, 0.6) is 23.0 Å². The SMILES string of the molecule is COc1ccc(CCNC2CC[C@@]3(NC(C)=O)[C@H]4Cc5ccc(O)c6c5[C@@]3(CCN4CC3CC3)C2O6)cc1OC. The molecule has 2 unspecified atom stereocenters. The maximum absolute atomic E-state index is 12.9. The van der Waals surface area contributed by atoms with Gasteiger partial charge in [-0.05, 0) is 93.3 Å². The van der Waals surface area contributed by atoms with Gasteiger partial charge in [-0.15, -0.1) is 0 Å². The Labute approximate surface area is 236 Å². The summed E-state index contributed by atoms with van der Waals surface area (Å²) >= 11 is 0. The second-order valence-electron chi connectivity index (χ2n) is 12.6. The molecule has 2 aromatic carbocycles. The Hall–Kier alpha value is -2.97. The summed E-state index contributed by atoms with van der Waals surface area (Å²) in [6, 6.07) is 10.3. The van der Waals surface area contributed by atoms with Crippen LogP contribution in [0.2, 0.25) is 0 Å². The third-order valence-electron chi connectivity index (χ3n) is 10.5. The van der Waals surface area contributed by atoms with E-state index >= 15 is 0 Å². The Kier molecular flexibility index (Phi) is 6.20. The molecule has 0 radical (unpaired) electrons. The van der Waals surface area contributed by atoms with Gasteiger partial charge in [-0.1, -0.05) is 12.1 Å². The molecule has 5 aliphatic rings. The summed E-state index contributed by atoms with van der Waals surface area (Å²) in [6.07, 6.45) is 6.89. The Balaban J connectivity index is 1.22. The summed E-state index contributed by atoms with van der Waals surface area (Å²) < 4.78 is 17.7. The standard InChI is InChI=1S/C32H41N3O5/c1-19(36)34-32-12-10-23(33-14-11-20-6-9-25(38-2)26(16-20)39-3)30-31(32)13-15-35(18-21-4-5-21)27(32)17-22-7-8-24(37)29(40-30)28(22)31/h6-9,16,21,23,27,30,33,37H,4-5,10-15,17-18H2,1-3H3,(H,34,36)/t23?,27-,30?,31+,32-/m1/s1. The number of piperidine rings is 1. The molecule has 7 rings (SSSR count). The fourth-order valence-corrected chi connectivity index (χ4v) is 8.74. The van der Waals surface area contributed by atoms with Crippen LogP contribution < -0.4 is 24.8 Å². The number of rotatable bonds is 9. The summed E-state index contributed by atoms with van der Waals surface area (Å²) in [5, 5.41) is 18.4. The average Bonchev–Trinajstić information content (AvgIpc) is 3.69. The minimum atomic E-state index is -0.412. The van der Waals surface area contributed by atoms with Gasteiger partial charge in [-0.25, -0.2) is 0 Å². The van der Waals surface area contributed by atoms with Gasteiger partial charge in [0.15, 0.2) is 23.0 Å². The van der Waals surface area contributed by atoms with E-state index in [4.69, 9.17) is 14.2 Å². The van der Waals surface area contributed by atoms with Crippen molar-refractivity contribution in [1.29, 1.82) is 0 Å². The minimum Gasteiger partial charge on any atom is -0.504 e. The van der Waals surface area contributed by atoms with E-state index in [1.165, 1.54) is 24.0 Å². The molecule has 1 amide bonds. The predicted octanol–water partition coefficient (Wildman–Crippen LogP) is 3.32. The normalized spacial score (nSPS) is 31.7. The predicted molar refractivity (Wildman–Crippen MR) is 151 cm³/mol. The van der Waals surface area contributed by atoms with Crippen LogP contribution in [0.15, 0.2) is 30.3 Å². The summed E-state index contributed by atoms with van der Waals surface area (Å²) in [4.78, 5) is 15.6. The Bertz CT molecular complexity index is 1330. The molecule has 5 atom stereocenters. The maximum atomic E-state index is 12.9. The van der Waals surface area contributed by atoms with Gasteiger partial charge >= 0.3 is 0 Å². The highest BCUT2D eigenvalue weighted by Crippen LogP contribution is 2.65. The quantitative estimate of drug-likeness (QED) is 0.444. The highest BCUT2D eigenvalue weighted by molar-refractivity contribution is 5.76. The monoisotopic (exact) mass is 547 g/mol. The minimum absolute atomic E-state index is 0.0216. The first kappa shape index (κ1) is 26.0. The average molecular weight is 548 g/mol. The topological polar surface area (TPSA) is 92.3 Å². The van der Waals surface area contributed by atoms with E-state index in [9.17, 15) is 9.90 Å². The van der Waals surface area contributed by atoms with Crippen molar-refractivity contribution in [2.24, 2.45) is 5.92 Å². The number of carbonyl (C=O) groups is 1. The molecule has 8 heteroatoms. The lowest BCUT2D eigenvalue weighted by molar-refractivity contribution is -0.135. The summed E-state index contributed by atoms with van der Waals surface area (Å²) in [5.74, 6) is 3.12. The number of nitrogens with one attached hydrogen (secondary N) is 2. The largest absolute Gasteiger partial charge is 0.504 e. The number of carbonyl (C=O) groups excluding carboxylic acids is 1. The van der Waals surface area contributed by atoms with E-state index in [1.807, 2.05) is 12.1 Å². The van der Waals surface area contributed by atoms with E-state index < -0.39 is 5.54 Å². The van der Waals surface area contributed by atoms with Crippen LogP contribution in [0.3, 0.4) is 0 Å². The number of aromatic hydroxyl groups is 1. The highest BCUT2D eigenvalue weighted by atomic mass is 16.5. The molecule has 3 aliphatic carbocycles. The second-order valence-corrected chi connectivity index (χ2v) is 12.6. The fourth-order valence-electron chi connectivity index (χ4n) is 8.74. The van der Waals surface area contributed by atoms with Crippen molar-refractivity contribution >= 4 is 5.91 Å². The first-order valence-electron chi connectivity index (χ1n) is 14.9. The van der Waals surface area contributed by atoms with Crippen molar-refractivity contribution in [1.82, 2.24) is 15.5 Å². The maximum Gasteiger partial charge on any atom is 0.217 e. The van der Waals surface area contributed by atoms with E-state index in [1.54, 1.807) is 27.2 Å². The van der Waals surface area contributed by atoms with Crippen molar-refractivity contribution in [3.8, 4) is 23.0 Å². The van der Waals surface area contributed by atoms with Gasteiger partial charge < -0.3 is 30.0 Å². The number of nitrogens with zero attached hydrogens (tertiary/aromatic N) is 1. The molecule has 1 spiro atoms. The molecule has 2 aliphatic heterocycles. The molecule has 3 N–H and O–H groups in total. The third-order valence-corrected chi connectivity index (χ3v) is 10.5. The lowest BCUT2D eigenvalue weighted by Gasteiger charge is -2.66. The van der Waals surface area contributed by atoms with Crippen molar-refractivity contribution in [3.05, 3.63) is 47.0 Å². The molecule has 40 heavy (non-hydrogen) atoms. The van der Waals surface area contributed by atoms with Crippen molar-refractivity contribution in [2.75, 3.05) is 33.9 Å². The molecule has 0 aromatic heterocycles.